The number of nitrogens with zero attached hydrogens (tertiary/aromatic N) is 2. The molecule has 88 valence electrons. The fourth-order valence-electron chi connectivity index (χ4n) is 1.88. The second-order valence-corrected chi connectivity index (χ2v) is 4.60. The van der Waals surface area contributed by atoms with Gasteiger partial charge in [0.2, 0.25) is 0 Å². The van der Waals surface area contributed by atoms with Gasteiger partial charge in [-0.05, 0) is 19.3 Å². The fraction of sp³-hybridized carbons (Fsp3) is 0.636. The Balaban J connectivity index is 2.28. The molecule has 0 amide bonds. The van der Waals surface area contributed by atoms with E-state index in [-0.39, 0.29) is 0 Å². The van der Waals surface area contributed by atoms with Crippen molar-refractivity contribution in [1.29, 1.82) is 0 Å². The standard InChI is InChI=1S/C11H14Cl2N2O/c1-2-8-9(12)14-11(15-10(8)13)7-3-5-16-6-4-7/h7H,2-6H2,1H3. The van der Waals surface area contributed by atoms with E-state index in [1.54, 1.807) is 0 Å². The summed E-state index contributed by atoms with van der Waals surface area (Å²) in [7, 11) is 0. The molecule has 0 aliphatic carbocycles. The molecule has 1 saturated heterocycles. The van der Waals surface area contributed by atoms with Crippen molar-refractivity contribution in [2.45, 2.75) is 32.1 Å². The van der Waals surface area contributed by atoms with E-state index in [4.69, 9.17) is 27.9 Å². The Hall–Kier alpha value is -0.380. The Morgan fingerprint density at radius 3 is 2.25 bits per heavy atom. The normalized spacial score (nSPS) is 17.7. The lowest BCUT2D eigenvalue weighted by Crippen LogP contribution is -2.17. The third-order valence-electron chi connectivity index (χ3n) is 2.86. The van der Waals surface area contributed by atoms with Gasteiger partial charge in [0.15, 0.2) is 0 Å². The van der Waals surface area contributed by atoms with Crippen LogP contribution in [0.4, 0.5) is 0 Å². The van der Waals surface area contributed by atoms with Crippen molar-refractivity contribution in [3.63, 3.8) is 0 Å². The van der Waals surface area contributed by atoms with Crippen molar-refractivity contribution >= 4 is 23.2 Å². The zero-order valence-electron chi connectivity index (χ0n) is 9.17. The van der Waals surface area contributed by atoms with Gasteiger partial charge in [-0.2, -0.15) is 0 Å². The summed E-state index contributed by atoms with van der Waals surface area (Å²) < 4.78 is 5.31. The largest absolute Gasteiger partial charge is 0.381 e. The minimum atomic E-state index is 0.328. The summed E-state index contributed by atoms with van der Waals surface area (Å²) in [6, 6.07) is 0. The van der Waals surface area contributed by atoms with Crippen LogP contribution in [0.2, 0.25) is 10.3 Å². The summed E-state index contributed by atoms with van der Waals surface area (Å²) in [6.07, 6.45) is 2.64. The maximum atomic E-state index is 6.09. The first kappa shape index (κ1) is 12.1. The zero-order valence-corrected chi connectivity index (χ0v) is 10.7. The second-order valence-electron chi connectivity index (χ2n) is 3.88. The smallest absolute Gasteiger partial charge is 0.137 e. The number of hydrogen-bond donors (Lipinski definition) is 0. The van der Waals surface area contributed by atoms with Gasteiger partial charge in [0, 0.05) is 24.7 Å². The van der Waals surface area contributed by atoms with Crippen LogP contribution in [-0.2, 0) is 11.2 Å². The van der Waals surface area contributed by atoms with Crippen molar-refractivity contribution < 1.29 is 4.74 Å². The van der Waals surface area contributed by atoms with Gasteiger partial charge in [-0.3, -0.25) is 0 Å². The number of halogens is 2. The lowest BCUT2D eigenvalue weighted by molar-refractivity contribution is 0.0836. The van der Waals surface area contributed by atoms with Crippen LogP contribution < -0.4 is 0 Å². The summed E-state index contributed by atoms with van der Waals surface area (Å²) >= 11 is 12.2. The molecule has 0 unspecified atom stereocenters. The first-order chi connectivity index (χ1) is 7.72. The Labute approximate surface area is 105 Å². The molecule has 0 radical (unpaired) electrons. The Bertz CT molecular complexity index is 355. The van der Waals surface area contributed by atoms with Crippen LogP contribution in [0.5, 0.6) is 0 Å². The minimum absolute atomic E-state index is 0.328. The number of hydrogen-bond acceptors (Lipinski definition) is 3. The summed E-state index contributed by atoms with van der Waals surface area (Å²) in [5.41, 5.74) is 0.833. The summed E-state index contributed by atoms with van der Waals surface area (Å²) in [6.45, 7) is 3.52. The summed E-state index contributed by atoms with van der Waals surface area (Å²) in [4.78, 5) is 8.69. The lowest BCUT2D eigenvalue weighted by atomic mass is 9.99. The van der Waals surface area contributed by atoms with Crippen LogP contribution in [-0.4, -0.2) is 23.2 Å². The minimum Gasteiger partial charge on any atom is -0.381 e. The molecule has 1 aromatic rings. The molecule has 2 heterocycles. The molecule has 0 spiro atoms. The molecular weight excluding hydrogens is 247 g/mol. The Morgan fingerprint density at radius 2 is 1.75 bits per heavy atom. The summed E-state index contributed by atoms with van der Waals surface area (Å²) in [5, 5.41) is 0.980. The van der Waals surface area contributed by atoms with E-state index in [9.17, 15) is 0 Å². The third kappa shape index (κ3) is 2.47. The van der Waals surface area contributed by atoms with Gasteiger partial charge < -0.3 is 4.74 Å². The van der Waals surface area contributed by atoms with E-state index in [1.807, 2.05) is 6.92 Å². The fourth-order valence-corrected chi connectivity index (χ4v) is 2.54. The quantitative estimate of drug-likeness (QED) is 0.766. The molecule has 1 aromatic heterocycles. The molecule has 1 fully saturated rings. The topological polar surface area (TPSA) is 35.0 Å². The van der Waals surface area contributed by atoms with Gasteiger partial charge in [0.25, 0.3) is 0 Å². The Kier molecular flexibility index (Phi) is 4.00. The highest BCUT2D eigenvalue weighted by atomic mass is 35.5. The van der Waals surface area contributed by atoms with Crippen LogP contribution in [0.3, 0.4) is 0 Å². The van der Waals surface area contributed by atoms with Crippen LogP contribution in [0, 0.1) is 0 Å². The van der Waals surface area contributed by atoms with Crippen LogP contribution in [0.25, 0.3) is 0 Å². The molecule has 0 bridgehead atoms. The SMILES string of the molecule is CCc1c(Cl)nc(C2CCOCC2)nc1Cl. The molecule has 0 atom stereocenters. The number of aromatic nitrogens is 2. The van der Waals surface area contributed by atoms with Gasteiger partial charge >= 0.3 is 0 Å². The molecule has 1 aliphatic rings. The second kappa shape index (κ2) is 5.30. The van der Waals surface area contributed by atoms with Gasteiger partial charge in [-0.1, -0.05) is 30.1 Å². The van der Waals surface area contributed by atoms with Crippen molar-refractivity contribution in [2.75, 3.05) is 13.2 Å². The number of rotatable bonds is 2. The average Bonchev–Trinajstić information content (AvgIpc) is 2.30. The van der Waals surface area contributed by atoms with E-state index in [2.05, 4.69) is 9.97 Å². The molecule has 0 N–H and O–H groups in total. The van der Waals surface area contributed by atoms with Gasteiger partial charge in [-0.25, -0.2) is 9.97 Å². The first-order valence-corrected chi connectivity index (χ1v) is 6.27. The highest BCUT2D eigenvalue weighted by molar-refractivity contribution is 6.34. The average molecular weight is 261 g/mol. The van der Waals surface area contributed by atoms with E-state index in [0.717, 1.165) is 43.9 Å². The van der Waals surface area contributed by atoms with Crippen molar-refractivity contribution in [1.82, 2.24) is 9.97 Å². The third-order valence-corrected chi connectivity index (χ3v) is 3.49. The monoisotopic (exact) mass is 260 g/mol. The van der Waals surface area contributed by atoms with Crippen molar-refractivity contribution in [3.8, 4) is 0 Å². The van der Waals surface area contributed by atoms with E-state index in [0.29, 0.717) is 16.2 Å². The maximum absolute atomic E-state index is 6.09. The van der Waals surface area contributed by atoms with Crippen LogP contribution in [0.1, 0.15) is 37.1 Å². The highest BCUT2D eigenvalue weighted by Crippen LogP contribution is 2.29. The molecular formula is C11H14Cl2N2O. The zero-order chi connectivity index (χ0) is 11.5. The predicted octanol–water partition coefficient (Wildman–Crippen LogP) is 3.24. The van der Waals surface area contributed by atoms with Crippen molar-refractivity contribution in [2.24, 2.45) is 0 Å². The molecule has 3 nitrogen and oxygen atoms in total. The van der Waals surface area contributed by atoms with E-state index < -0.39 is 0 Å². The molecule has 5 heteroatoms. The summed E-state index contributed by atoms with van der Waals surface area (Å²) in [5.74, 6) is 1.09. The Morgan fingerprint density at radius 1 is 1.19 bits per heavy atom. The van der Waals surface area contributed by atoms with Gasteiger partial charge in [0.05, 0.1) is 0 Å². The lowest BCUT2D eigenvalue weighted by Gasteiger charge is -2.21. The van der Waals surface area contributed by atoms with E-state index in [1.165, 1.54) is 0 Å². The molecule has 2 rings (SSSR count). The maximum Gasteiger partial charge on any atom is 0.137 e. The first-order valence-electron chi connectivity index (χ1n) is 5.52. The predicted molar refractivity (Wildman–Crippen MR) is 64.2 cm³/mol. The molecule has 0 saturated carbocycles. The molecule has 16 heavy (non-hydrogen) atoms. The highest BCUT2D eigenvalue weighted by Gasteiger charge is 2.21. The van der Waals surface area contributed by atoms with Crippen LogP contribution in [0.15, 0.2) is 0 Å². The van der Waals surface area contributed by atoms with Gasteiger partial charge in [0.1, 0.15) is 16.1 Å². The molecule has 1 aliphatic heterocycles. The van der Waals surface area contributed by atoms with Crippen molar-refractivity contribution in [3.05, 3.63) is 21.7 Å². The van der Waals surface area contributed by atoms with Gasteiger partial charge in [-0.15, -0.1) is 0 Å². The van der Waals surface area contributed by atoms with E-state index >= 15 is 0 Å². The molecule has 0 aromatic carbocycles. The van der Waals surface area contributed by atoms with Crippen LogP contribution >= 0.6 is 23.2 Å². The number of ether oxygens (including phenoxy) is 1.